The van der Waals surface area contributed by atoms with Gasteiger partial charge in [0.1, 0.15) is 12.4 Å². The van der Waals surface area contributed by atoms with Crippen molar-refractivity contribution in [2.45, 2.75) is 116 Å². The number of phenols is 1. The molecule has 0 saturated carbocycles. The lowest BCUT2D eigenvalue weighted by Crippen LogP contribution is -2.29. The smallest absolute Gasteiger partial charge is 0.319 e. The lowest BCUT2D eigenvalue weighted by Gasteiger charge is -2.09. The van der Waals surface area contributed by atoms with Crippen molar-refractivity contribution in [3.63, 3.8) is 0 Å². The molecule has 4 N–H and O–H groups in total. The normalized spacial score (nSPS) is 10.9. The van der Waals surface area contributed by atoms with Crippen molar-refractivity contribution in [3.8, 4) is 5.75 Å². The number of phenolic OH excluding ortho intramolecular Hbond substituents is 1. The van der Waals surface area contributed by atoms with E-state index < -0.39 is 0 Å². The highest BCUT2D eigenvalue weighted by atomic mass is 17.1. The summed E-state index contributed by atoms with van der Waals surface area (Å²) in [5.41, 5.74) is 0.945. The Bertz CT molecular complexity index is 595. The summed E-state index contributed by atoms with van der Waals surface area (Å²) < 4.78 is 0. The van der Waals surface area contributed by atoms with E-state index in [1.807, 2.05) is 0 Å². The molecular weight excluding hydrogens is 404 g/mol. The van der Waals surface area contributed by atoms with Gasteiger partial charge in [0.2, 0.25) is 0 Å². The SMILES string of the molecule is CCCCCCCCCCCCCCCCCCNC(=O)Nc1ccc(COO)c(O)c1. The summed E-state index contributed by atoms with van der Waals surface area (Å²) in [6, 6.07) is 4.40. The van der Waals surface area contributed by atoms with Crippen LogP contribution in [0.15, 0.2) is 18.2 Å². The van der Waals surface area contributed by atoms with Gasteiger partial charge in [-0.1, -0.05) is 109 Å². The third-order valence-electron chi connectivity index (χ3n) is 5.88. The second-order valence-corrected chi connectivity index (χ2v) is 8.80. The maximum atomic E-state index is 11.9. The maximum absolute atomic E-state index is 11.9. The highest BCUT2D eigenvalue weighted by Crippen LogP contribution is 2.22. The average Bonchev–Trinajstić information content (AvgIpc) is 2.78. The van der Waals surface area contributed by atoms with Crippen molar-refractivity contribution < 1.29 is 20.0 Å². The van der Waals surface area contributed by atoms with Crippen LogP contribution in [-0.4, -0.2) is 22.9 Å². The predicted octanol–water partition coefficient (Wildman–Crippen LogP) is 7.76. The molecule has 0 aliphatic rings. The van der Waals surface area contributed by atoms with Gasteiger partial charge in [-0.05, 0) is 12.5 Å². The Morgan fingerprint density at radius 1 is 0.812 bits per heavy atom. The Morgan fingerprint density at radius 3 is 1.78 bits per heavy atom. The standard InChI is InChI=1S/C26H46N2O4/c1-2-3-4-5-6-7-8-9-10-11-12-13-14-15-16-17-20-27-26(30)28-24-19-18-23(22-32-31)25(29)21-24/h18-19,21,29,31H,2-17,20,22H2,1H3,(H2,27,28,30). The van der Waals surface area contributed by atoms with Crippen LogP contribution >= 0.6 is 0 Å². The number of hydrogen-bond acceptors (Lipinski definition) is 4. The van der Waals surface area contributed by atoms with Gasteiger partial charge >= 0.3 is 6.03 Å². The topological polar surface area (TPSA) is 90.8 Å². The number of rotatable bonds is 20. The second-order valence-electron chi connectivity index (χ2n) is 8.80. The minimum Gasteiger partial charge on any atom is -0.508 e. The zero-order chi connectivity index (χ0) is 23.3. The van der Waals surface area contributed by atoms with E-state index in [1.165, 1.54) is 96.0 Å². The summed E-state index contributed by atoms with van der Waals surface area (Å²) in [6.45, 7) is 2.82. The van der Waals surface area contributed by atoms with E-state index in [0.29, 0.717) is 17.8 Å². The minimum atomic E-state index is -0.281. The van der Waals surface area contributed by atoms with Crippen molar-refractivity contribution >= 4 is 11.7 Å². The molecule has 1 rings (SSSR count). The molecule has 6 nitrogen and oxygen atoms in total. The van der Waals surface area contributed by atoms with Crippen molar-refractivity contribution in [1.29, 1.82) is 0 Å². The second kappa shape index (κ2) is 19.9. The fourth-order valence-electron chi connectivity index (χ4n) is 3.88. The van der Waals surface area contributed by atoms with Gasteiger partial charge in [-0.15, -0.1) is 0 Å². The summed E-state index contributed by atoms with van der Waals surface area (Å²) in [6.07, 6.45) is 21.3. The number of carbonyl (C=O) groups is 1. The van der Waals surface area contributed by atoms with Crippen LogP contribution < -0.4 is 10.6 Å². The third-order valence-corrected chi connectivity index (χ3v) is 5.88. The van der Waals surface area contributed by atoms with E-state index in [4.69, 9.17) is 5.26 Å². The van der Waals surface area contributed by atoms with Gasteiger partial charge in [0.25, 0.3) is 0 Å². The molecule has 0 aliphatic carbocycles. The van der Waals surface area contributed by atoms with Crippen molar-refractivity contribution in [1.82, 2.24) is 5.32 Å². The molecule has 0 radical (unpaired) electrons. The monoisotopic (exact) mass is 450 g/mol. The maximum Gasteiger partial charge on any atom is 0.319 e. The molecular formula is C26H46N2O4. The van der Waals surface area contributed by atoms with Crippen LogP contribution in [0.5, 0.6) is 5.75 Å². The summed E-state index contributed by atoms with van der Waals surface area (Å²) in [7, 11) is 0. The fourth-order valence-corrected chi connectivity index (χ4v) is 3.88. The largest absolute Gasteiger partial charge is 0.508 e. The number of benzene rings is 1. The summed E-state index contributed by atoms with van der Waals surface area (Å²) in [5.74, 6) is -0.0327. The quantitative estimate of drug-likeness (QED) is 0.0927. The van der Waals surface area contributed by atoms with Crippen LogP contribution in [-0.2, 0) is 11.5 Å². The molecule has 0 bridgehead atoms. The molecule has 1 aromatic carbocycles. The van der Waals surface area contributed by atoms with Crippen LogP contribution in [0, 0.1) is 0 Å². The van der Waals surface area contributed by atoms with Crippen LogP contribution in [0.3, 0.4) is 0 Å². The van der Waals surface area contributed by atoms with Crippen LogP contribution in [0.2, 0.25) is 0 Å². The van der Waals surface area contributed by atoms with Gasteiger partial charge in [-0.25, -0.2) is 9.68 Å². The van der Waals surface area contributed by atoms with Crippen LogP contribution in [0.25, 0.3) is 0 Å². The molecule has 0 saturated heterocycles. The van der Waals surface area contributed by atoms with E-state index in [0.717, 1.165) is 12.8 Å². The molecule has 0 heterocycles. The molecule has 0 fully saturated rings. The highest BCUT2D eigenvalue weighted by molar-refractivity contribution is 5.89. The van der Waals surface area contributed by atoms with Crippen molar-refractivity contribution in [3.05, 3.63) is 23.8 Å². The third kappa shape index (κ3) is 15.1. The highest BCUT2D eigenvalue weighted by Gasteiger charge is 2.06. The number of nitrogens with one attached hydrogen (secondary N) is 2. The number of amides is 2. The van der Waals surface area contributed by atoms with E-state index in [-0.39, 0.29) is 18.4 Å². The molecule has 0 spiro atoms. The number of urea groups is 1. The Morgan fingerprint density at radius 2 is 1.31 bits per heavy atom. The van der Waals surface area contributed by atoms with Gasteiger partial charge in [-0.2, -0.15) is 0 Å². The van der Waals surface area contributed by atoms with Crippen molar-refractivity contribution in [2.75, 3.05) is 11.9 Å². The zero-order valence-corrected chi connectivity index (χ0v) is 20.2. The number of carbonyl (C=O) groups excluding carboxylic acids is 1. The fraction of sp³-hybridized carbons (Fsp3) is 0.731. The predicted molar refractivity (Wildman–Crippen MR) is 132 cm³/mol. The van der Waals surface area contributed by atoms with Gasteiger partial charge in [0.15, 0.2) is 0 Å². The molecule has 6 heteroatoms. The van der Waals surface area contributed by atoms with E-state index >= 15 is 0 Å². The number of anilines is 1. The van der Waals surface area contributed by atoms with E-state index in [9.17, 15) is 9.90 Å². The van der Waals surface area contributed by atoms with E-state index in [1.54, 1.807) is 12.1 Å². The van der Waals surface area contributed by atoms with Gasteiger partial charge < -0.3 is 15.7 Å². The first kappa shape index (κ1) is 28.2. The lowest BCUT2D eigenvalue weighted by molar-refractivity contribution is -0.253. The van der Waals surface area contributed by atoms with Gasteiger partial charge in [-0.3, -0.25) is 5.26 Å². The van der Waals surface area contributed by atoms with E-state index in [2.05, 4.69) is 22.4 Å². The first-order chi connectivity index (χ1) is 15.7. The van der Waals surface area contributed by atoms with Crippen molar-refractivity contribution in [2.24, 2.45) is 0 Å². The number of aromatic hydroxyl groups is 1. The first-order valence-corrected chi connectivity index (χ1v) is 12.8. The Labute approximate surface area is 195 Å². The lowest BCUT2D eigenvalue weighted by atomic mass is 10.0. The number of unbranched alkanes of at least 4 members (excludes halogenated alkanes) is 15. The molecule has 2 amide bonds. The average molecular weight is 451 g/mol. The zero-order valence-electron chi connectivity index (χ0n) is 20.2. The molecule has 0 atom stereocenters. The molecule has 0 aliphatic heterocycles. The molecule has 0 unspecified atom stereocenters. The minimum absolute atomic E-state index is 0.0327. The Hall–Kier alpha value is -1.79. The van der Waals surface area contributed by atoms with Crippen LogP contribution in [0.4, 0.5) is 10.5 Å². The van der Waals surface area contributed by atoms with Gasteiger partial charge in [0, 0.05) is 23.9 Å². The van der Waals surface area contributed by atoms with Gasteiger partial charge in [0.05, 0.1) is 0 Å². The Kier molecular flexibility index (Phi) is 17.5. The van der Waals surface area contributed by atoms with Crippen LogP contribution in [0.1, 0.15) is 115 Å². The molecule has 1 aromatic rings. The first-order valence-electron chi connectivity index (χ1n) is 12.8. The molecule has 0 aromatic heterocycles. The molecule has 32 heavy (non-hydrogen) atoms. The molecule has 184 valence electrons. The number of hydrogen-bond donors (Lipinski definition) is 4. The summed E-state index contributed by atoms with van der Waals surface area (Å²) >= 11 is 0. The summed E-state index contributed by atoms with van der Waals surface area (Å²) in [5, 5.41) is 23.8. The summed E-state index contributed by atoms with van der Waals surface area (Å²) in [4.78, 5) is 15.9. The Balaban J connectivity index is 1.87.